The monoisotopic (exact) mass is 378 g/mol. The molecule has 0 bridgehead atoms. The van der Waals surface area contributed by atoms with Gasteiger partial charge in [0.1, 0.15) is 0 Å². The average Bonchev–Trinajstić information content (AvgIpc) is 3.25. The van der Waals surface area contributed by atoms with Gasteiger partial charge in [-0.3, -0.25) is 9.69 Å². The van der Waals surface area contributed by atoms with Crippen molar-refractivity contribution >= 4 is 17.3 Å². The second-order valence-electron chi connectivity index (χ2n) is 8.02. The molecule has 148 valence electrons. The molecule has 0 aliphatic carbocycles. The van der Waals surface area contributed by atoms with Crippen molar-refractivity contribution in [3.63, 3.8) is 0 Å². The Morgan fingerprint density at radius 1 is 0.929 bits per heavy atom. The molecule has 0 saturated carbocycles. The van der Waals surface area contributed by atoms with Gasteiger partial charge in [0.2, 0.25) is 0 Å². The van der Waals surface area contributed by atoms with E-state index in [2.05, 4.69) is 41.0 Å². The summed E-state index contributed by atoms with van der Waals surface area (Å²) in [6.07, 6.45) is 2.20. The van der Waals surface area contributed by atoms with Crippen molar-refractivity contribution in [2.45, 2.75) is 26.3 Å². The number of carbonyl (C=O) groups excluding carboxylic acids is 1. The van der Waals surface area contributed by atoms with Gasteiger partial charge in [0, 0.05) is 57.2 Å². The van der Waals surface area contributed by atoms with E-state index in [0.29, 0.717) is 5.69 Å². The Hall–Kier alpha value is -2.53. The summed E-state index contributed by atoms with van der Waals surface area (Å²) in [6, 6.07) is 14.6. The quantitative estimate of drug-likeness (QED) is 0.831. The van der Waals surface area contributed by atoms with E-state index in [-0.39, 0.29) is 5.91 Å². The van der Waals surface area contributed by atoms with Gasteiger partial charge in [-0.15, -0.1) is 0 Å². The summed E-state index contributed by atoms with van der Waals surface area (Å²) in [5, 5.41) is 0. The Bertz CT molecular complexity index is 819. The number of nitrogens with zero attached hydrogens (tertiary/aromatic N) is 3. The number of hydrogen-bond acceptors (Lipinski definition) is 4. The van der Waals surface area contributed by atoms with E-state index in [1.807, 2.05) is 23.1 Å². The number of piperazine rings is 1. The number of carbonyl (C=O) groups is 1. The topological polar surface area (TPSA) is 52.8 Å². The van der Waals surface area contributed by atoms with Gasteiger partial charge in [-0.05, 0) is 43.5 Å². The van der Waals surface area contributed by atoms with Crippen molar-refractivity contribution in [1.82, 2.24) is 9.80 Å². The number of nitrogens with two attached hydrogens (primary N) is 1. The Morgan fingerprint density at radius 3 is 2.29 bits per heavy atom. The molecule has 1 amide bonds. The number of nitrogen functional groups attached to an aromatic ring is 1. The van der Waals surface area contributed by atoms with Gasteiger partial charge in [0.15, 0.2) is 0 Å². The largest absolute Gasteiger partial charge is 0.399 e. The number of likely N-dealkylation sites (tertiary alicyclic amines) is 1. The minimum atomic E-state index is 0.127. The van der Waals surface area contributed by atoms with Crippen molar-refractivity contribution in [2.24, 2.45) is 0 Å². The van der Waals surface area contributed by atoms with E-state index < -0.39 is 0 Å². The van der Waals surface area contributed by atoms with Gasteiger partial charge < -0.3 is 15.5 Å². The van der Waals surface area contributed by atoms with Gasteiger partial charge in [0.05, 0.1) is 5.56 Å². The zero-order valence-corrected chi connectivity index (χ0v) is 16.7. The fraction of sp³-hybridized carbons (Fsp3) is 0.435. The smallest absolute Gasteiger partial charge is 0.256 e. The number of aryl methyl sites for hydroxylation is 1. The third kappa shape index (κ3) is 4.14. The summed E-state index contributed by atoms with van der Waals surface area (Å²) in [5.41, 5.74) is 11.1. The van der Waals surface area contributed by atoms with E-state index >= 15 is 0 Å². The van der Waals surface area contributed by atoms with Crippen LogP contribution in [0.1, 0.15) is 34.3 Å². The Labute approximate surface area is 167 Å². The van der Waals surface area contributed by atoms with Crippen molar-refractivity contribution < 1.29 is 4.79 Å². The number of amides is 1. The molecule has 2 aromatic carbocycles. The second-order valence-corrected chi connectivity index (χ2v) is 8.02. The van der Waals surface area contributed by atoms with Crippen LogP contribution < -0.4 is 10.6 Å². The summed E-state index contributed by atoms with van der Waals surface area (Å²) in [5.74, 6) is 0.127. The van der Waals surface area contributed by atoms with Crippen LogP contribution in [0.15, 0.2) is 42.5 Å². The van der Waals surface area contributed by atoms with Crippen LogP contribution in [0.25, 0.3) is 0 Å². The molecule has 4 rings (SSSR count). The average molecular weight is 379 g/mol. The molecule has 2 aliphatic rings. The Kier molecular flexibility index (Phi) is 5.53. The van der Waals surface area contributed by atoms with Gasteiger partial charge in [-0.25, -0.2) is 0 Å². The minimum absolute atomic E-state index is 0.127. The van der Waals surface area contributed by atoms with Gasteiger partial charge in [0.25, 0.3) is 5.91 Å². The lowest BCUT2D eigenvalue weighted by Gasteiger charge is -2.37. The molecule has 0 atom stereocenters. The summed E-state index contributed by atoms with van der Waals surface area (Å²) < 4.78 is 0. The zero-order chi connectivity index (χ0) is 19.5. The molecule has 2 fully saturated rings. The lowest BCUT2D eigenvalue weighted by atomic mass is 10.1. The normalized spacial score (nSPS) is 17.9. The molecule has 0 radical (unpaired) electrons. The minimum Gasteiger partial charge on any atom is -0.399 e. The van der Waals surface area contributed by atoms with Gasteiger partial charge >= 0.3 is 0 Å². The molecular weight excluding hydrogens is 348 g/mol. The van der Waals surface area contributed by atoms with Crippen LogP contribution in [-0.4, -0.2) is 55.0 Å². The molecule has 2 N–H and O–H groups in total. The predicted octanol–water partition coefficient (Wildman–Crippen LogP) is 3.14. The van der Waals surface area contributed by atoms with Crippen LogP contribution in [0.3, 0.4) is 0 Å². The van der Waals surface area contributed by atoms with Crippen LogP contribution >= 0.6 is 0 Å². The standard InChI is InChI=1S/C23H30N4O/c1-18-4-6-19(7-5-18)17-25-12-14-26(15-13-25)22-9-8-20(24)16-21(22)23(28)27-10-2-3-11-27/h4-9,16H,2-3,10-15,17,24H2,1H3. The highest BCUT2D eigenvalue weighted by molar-refractivity contribution is 6.01. The highest BCUT2D eigenvalue weighted by Gasteiger charge is 2.26. The first-order chi connectivity index (χ1) is 13.6. The fourth-order valence-corrected chi connectivity index (χ4v) is 4.19. The van der Waals surface area contributed by atoms with Crippen molar-refractivity contribution in [3.05, 3.63) is 59.2 Å². The number of hydrogen-bond donors (Lipinski definition) is 1. The van der Waals surface area contributed by atoms with Crippen molar-refractivity contribution in [1.29, 1.82) is 0 Å². The second kappa shape index (κ2) is 8.23. The van der Waals surface area contributed by atoms with E-state index in [1.165, 1.54) is 11.1 Å². The van der Waals surface area contributed by atoms with Crippen LogP contribution in [0, 0.1) is 6.92 Å². The summed E-state index contributed by atoms with van der Waals surface area (Å²) >= 11 is 0. The third-order valence-corrected chi connectivity index (χ3v) is 5.88. The number of benzene rings is 2. The third-order valence-electron chi connectivity index (χ3n) is 5.88. The summed E-state index contributed by atoms with van der Waals surface area (Å²) in [6.45, 7) is 8.66. The Morgan fingerprint density at radius 2 is 1.61 bits per heavy atom. The highest BCUT2D eigenvalue weighted by atomic mass is 16.2. The molecule has 28 heavy (non-hydrogen) atoms. The summed E-state index contributed by atoms with van der Waals surface area (Å²) in [7, 11) is 0. The van der Waals surface area contributed by atoms with Crippen LogP contribution in [-0.2, 0) is 6.54 Å². The molecule has 2 aromatic rings. The molecule has 0 aromatic heterocycles. The molecule has 2 saturated heterocycles. The highest BCUT2D eigenvalue weighted by Crippen LogP contribution is 2.27. The SMILES string of the molecule is Cc1ccc(CN2CCN(c3ccc(N)cc3C(=O)N3CCCC3)CC2)cc1. The van der Waals surface area contributed by atoms with E-state index in [9.17, 15) is 4.79 Å². The Balaban J connectivity index is 1.44. The maximum Gasteiger partial charge on any atom is 0.256 e. The molecule has 5 heteroatoms. The lowest BCUT2D eigenvalue weighted by Crippen LogP contribution is -2.46. The summed E-state index contributed by atoms with van der Waals surface area (Å²) in [4.78, 5) is 19.8. The molecule has 5 nitrogen and oxygen atoms in total. The van der Waals surface area contributed by atoms with Gasteiger partial charge in [-0.1, -0.05) is 29.8 Å². The first kappa shape index (κ1) is 18.8. The molecule has 2 aliphatic heterocycles. The van der Waals surface area contributed by atoms with Crippen LogP contribution in [0.5, 0.6) is 0 Å². The number of rotatable bonds is 4. The zero-order valence-electron chi connectivity index (χ0n) is 16.7. The fourth-order valence-electron chi connectivity index (χ4n) is 4.19. The first-order valence-electron chi connectivity index (χ1n) is 10.3. The maximum absolute atomic E-state index is 13.0. The van der Waals surface area contributed by atoms with E-state index in [0.717, 1.165) is 69.9 Å². The predicted molar refractivity (Wildman–Crippen MR) is 115 cm³/mol. The lowest BCUT2D eigenvalue weighted by molar-refractivity contribution is 0.0793. The van der Waals surface area contributed by atoms with Crippen molar-refractivity contribution in [2.75, 3.05) is 49.9 Å². The van der Waals surface area contributed by atoms with E-state index in [4.69, 9.17) is 5.73 Å². The van der Waals surface area contributed by atoms with Crippen LogP contribution in [0.4, 0.5) is 11.4 Å². The van der Waals surface area contributed by atoms with E-state index in [1.54, 1.807) is 0 Å². The molecule has 0 spiro atoms. The molecular formula is C23H30N4O. The van der Waals surface area contributed by atoms with Crippen LogP contribution in [0.2, 0.25) is 0 Å². The van der Waals surface area contributed by atoms with Gasteiger partial charge in [-0.2, -0.15) is 0 Å². The first-order valence-corrected chi connectivity index (χ1v) is 10.3. The maximum atomic E-state index is 13.0. The number of anilines is 2. The van der Waals surface area contributed by atoms with Crippen molar-refractivity contribution in [3.8, 4) is 0 Å². The molecule has 2 heterocycles. The molecule has 0 unspecified atom stereocenters.